The highest BCUT2D eigenvalue weighted by Gasteiger charge is 2.36. The number of nitrogens with zero attached hydrogens (tertiary/aromatic N) is 3. The first-order chi connectivity index (χ1) is 14.3. The molecule has 0 spiro atoms. The molecule has 4 aromatic rings. The molecule has 0 unspecified atom stereocenters. The van der Waals surface area contributed by atoms with Gasteiger partial charge in [-0.05, 0) is 24.0 Å². The van der Waals surface area contributed by atoms with E-state index < -0.39 is 11.4 Å². The van der Waals surface area contributed by atoms with E-state index in [1.54, 1.807) is 10.9 Å². The fourth-order valence-corrected chi connectivity index (χ4v) is 4.32. The molecule has 0 amide bonds. The molecule has 4 heterocycles. The van der Waals surface area contributed by atoms with Crippen molar-refractivity contribution in [2.24, 2.45) is 5.41 Å². The van der Waals surface area contributed by atoms with Crippen LogP contribution in [0.1, 0.15) is 42.7 Å². The SMILES string of the molecule is CC(C)(C)[C@@H]1Cc2c(oc3c(-n4cccn4)cccc23)-c2cc(=O)c(C(=O)O)cn21. The number of pyridine rings is 1. The van der Waals surface area contributed by atoms with Gasteiger partial charge in [0.15, 0.2) is 16.8 Å². The first-order valence-electron chi connectivity index (χ1n) is 9.80. The van der Waals surface area contributed by atoms with E-state index in [2.05, 4.69) is 25.9 Å². The summed E-state index contributed by atoms with van der Waals surface area (Å²) in [5, 5.41) is 14.8. The topological polar surface area (TPSA) is 90.3 Å². The van der Waals surface area contributed by atoms with E-state index in [-0.39, 0.29) is 17.0 Å². The molecule has 0 fully saturated rings. The third-order valence-corrected chi connectivity index (χ3v) is 5.82. The second-order valence-electron chi connectivity index (χ2n) is 8.75. The Kier molecular flexibility index (Phi) is 3.80. The number of fused-ring (bicyclic) bond motifs is 5. The Hall–Kier alpha value is -3.61. The number of carbonyl (C=O) groups is 1. The van der Waals surface area contributed by atoms with Crippen LogP contribution in [0.5, 0.6) is 0 Å². The highest BCUT2D eigenvalue weighted by atomic mass is 16.4. The predicted octanol–water partition coefficient (Wildman–Crippen LogP) is 4.29. The Morgan fingerprint density at radius 2 is 2.07 bits per heavy atom. The van der Waals surface area contributed by atoms with Crippen LogP contribution in [0.4, 0.5) is 0 Å². The average molecular weight is 403 g/mol. The summed E-state index contributed by atoms with van der Waals surface area (Å²) in [6, 6.07) is 9.12. The van der Waals surface area contributed by atoms with Crippen LogP contribution in [0.3, 0.4) is 0 Å². The predicted molar refractivity (Wildman–Crippen MR) is 112 cm³/mol. The molecular weight excluding hydrogens is 382 g/mol. The van der Waals surface area contributed by atoms with Gasteiger partial charge in [0.25, 0.3) is 0 Å². The van der Waals surface area contributed by atoms with Crippen LogP contribution in [0.25, 0.3) is 28.1 Å². The molecule has 0 aliphatic carbocycles. The lowest BCUT2D eigenvalue weighted by Crippen LogP contribution is -2.32. The smallest absolute Gasteiger partial charge is 0.341 e. The fraction of sp³-hybridized carbons (Fsp3) is 0.261. The third kappa shape index (κ3) is 2.62. The summed E-state index contributed by atoms with van der Waals surface area (Å²) in [6.45, 7) is 6.34. The van der Waals surface area contributed by atoms with Gasteiger partial charge in [-0.1, -0.05) is 32.9 Å². The largest absolute Gasteiger partial charge is 0.477 e. The number of carboxylic acids is 1. The molecule has 1 atom stereocenters. The second kappa shape index (κ2) is 6.19. The minimum absolute atomic E-state index is 0.0344. The number of furan rings is 1. The highest BCUT2D eigenvalue weighted by Crippen LogP contribution is 2.46. The number of aromatic nitrogens is 3. The number of hydrogen-bond donors (Lipinski definition) is 1. The van der Waals surface area contributed by atoms with Crippen LogP contribution in [0.15, 0.2) is 58.1 Å². The summed E-state index contributed by atoms with van der Waals surface area (Å²) in [5.41, 5.74) is 2.22. The number of aromatic carboxylic acids is 1. The fourth-order valence-electron chi connectivity index (χ4n) is 4.32. The lowest BCUT2D eigenvalue weighted by Gasteiger charge is -2.37. The van der Waals surface area contributed by atoms with Crippen molar-refractivity contribution in [1.29, 1.82) is 0 Å². The summed E-state index contributed by atoms with van der Waals surface area (Å²) in [6.07, 6.45) is 5.69. The molecule has 7 nitrogen and oxygen atoms in total. The first-order valence-corrected chi connectivity index (χ1v) is 9.80. The molecule has 5 rings (SSSR count). The molecule has 0 saturated heterocycles. The van der Waals surface area contributed by atoms with E-state index >= 15 is 0 Å². The minimum Gasteiger partial charge on any atom is -0.477 e. The quantitative estimate of drug-likeness (QED) is 0.539. The van der Waals surface area contributed by atoms with Gasteiger partial charge in [-0.2, -0.15) is 5.10 Å². The van der Waals surface area contributed by atoms with Crippen LogP contribution >= 0.6 is 0 Å². The summed E-state index contributed by atoms with van der Waals surface area (Å²) in [4.78, 5) is 24.1. The van der Waals surface area contributed by atoms with Crippen LogP contribution in [-0.4, -0.2) is 25.4 Å². The van der Waals surface area contributed by atoms with Crippen LogP contribution in [0, 0.1) is 5.41 Å². The highest BCUT2D eigenvalue weighted by molar-refractivity contribution is 5.93. The summed E-state index contributed by atoms with van der Waals surface area (Å²) in [7, 11) is 0. The zero-order chi connectivity index (χ0) is 21.2. The van der Waals surface area contributed by atoms with Crippen molar-refractivity contribution in [2.45, 2.75) is 33.2 Å². The van der Waals surface area contributed by atoms with Crippen molar-refractivity contribution in [2.75, 3.05) is 0 Å². The molecule has 30 heavy (non-hydrogen) atoms. The standard InChI is InChI=1S/C23H21N3O4/c1-23(2,3)19-10-14-13-6-4-7-16(26-9-5-8-24-26)20(13)30-21(14)17-11-18(27)15(22(28)29)12-25(17)19/h4-9,11-12,19H,10H2,1-3H3,(H,28,29)/t19-/m0/s1. The van der Waals surface area contributed by atoms with E-state index in [0.29, 0.717) is 23.5 Å². The number of para-hydroxylation sites is 1. The van der Waals surface area contributed by atoms with Gasteiger partial charge in [0, 0.05) is 41.6 Å². The summed E-state index contributed by atoms with van der Waals surface area (Å²) < 4.78 is 9.96. The van der Waals surface area contributed by atoms with Crippen molar-refractivity contribution in [1.82, 2.24) is 14.3 Å². The van der Waals surface area contributed by atoms with Crippen molar-refractivity contribution >= 4 is 16.9 Å². The molecule has 1 aliphatic rings. The van der Waals surface area contributed by atoms with Gasteiger partial charge in [0.2, 0.25) is 0 Å². The van der Waals surface area contributed by atoms with E-state index in [9.17, 15) is 14.7 Å². The van der Waals surface area contributed by atoms with Gasteiger partial charge in [-0.25, -0.2) is 9.48 Å². The van der Waals surface area contributed by atoms with Crippen LogP contribution in [0.2, 0.25) is 0 Å². The minimum atomic E-state index is -1.22. The monoisotopic (exact) mass is 403 g/mol. The Balaban J connectivity index is 1.84. The molecule has 0 saturated carbocycles. The Morgan fingerprint density at radius 3 is 2.73 bits per heavy atom. The van der Waals surface area contributed by atoms with E-state index in [1.807, 2.05) is 35.0 Å². The third-order valence-electron chi connectivity index (χ3n) is 5.82. The van der Waals surface area contributed by atoms with Crippen molar-refractivity contribution in [3.63, 3.8) is 0 Å². The van der Waals surface area contributed by atoms with Crippen LogP contribution < -0.4 is 5.43 Å². The van der Waals surface area contributed by atoms with Gasteiger partial charge in [-0.3, -0.25) is 4.79 Å². The van der Waals surface area contributed by atoms with Crippen molar-refractivity contribution in [3.8, 4) is 17.1 Å². The maximum Gasteiger partial charge on any atom is 0.341 e. The summed E-state index contributed by atoms with van der Waals surface area (Å²) in [5.74, 6) is -0.613. The van der Waals surface area contributed by atoms with Crippen LogP contribution in [-0.2, 0) is 6.42 Å². The number of hydrogen-bond acceptors (Lipinski definition) is 4. The number of rotatable bonds is 2. The molecule has 0 bridgehead atoms. The molecule has 152 valence electrons. The van der Waals surface area contributed by atoms with Gasteiger partial charge in [-0.15, -0.1) is 0 Å². The maximum atomic E-state index is 12.5. The average Bonchev–Trinajstić information content (AvgIpc) is 3.33. The van der Waals surface area contributed by atoms with Crippen molar-refractivity contribution < 1.29 is 14.3 Å². The molecule has 3 aromatic heterocycles. The van der Waals surface area contributed by atoms with E-state index in [4.69, 9.17) is 4.42 Å². The maximum absolute atomic E-state index is 12.5. The lowest BCUT2D eigenvalue weighted by atomic mass is 9.80. The van der Waals surface area contributed by atoms with Gasteiger partial charge in [0.1, 0.15) is 11.3 Å². The van der Waals surface area contributed by atoms with E-state index in [1.165, 1.54) is 12.3 Å². The Labute approximate surface area is 172 Å². The van der Waals surface area contributed by atoms with E-state index in [0.717, 1.165) is 16.6 Å². The molecule has 7 heteroatoms. The molecule has 1 aliphatic heterocycles. The summed E-state index contributed by atoms with van der Waals surface area (Å²) >= 11 is 0. The zero-order valence-electron chi connectivity index (χ0n) is 16.9. The van der Waals surface area contributed by atoms with Gasteiger partial charge in [0.05, 0.1) is 5.69 Å². The van der Waals surface area contributed by atoms with Gasteiger partial charge < -0.3 is 14.1 Å². The normalized spacial score (nSPS) is 15.8. The zero-order valence-corrected chi connectivity index (χ0v) is 16.9. The molecular formula is C23H21N3O4. The second-order valence-corrected chi connectivity index (χ2v) is 8.75. The lowest BCUT2D eigenvalue weighted by molar-refractivity contribution is 0.0693. The Bertz CT molecular complexity index is 1350. The Morgan fingerprint density at radius 1 is 1.27 bits per heavy atom. The molecule has 1 aromatic carbocycles. The van der Waals surface area contributed by atoms with Crippen molar-refractivity contribution in [3.05, 3.63) is 70.3 Å². The molecule has 1 N–H and O–H groups in total. The first kappa shape index (κ1) is 18.4. The number of carboxylic acid groups (broad SMARTS) is 1. The molecule has 0 radical (unpaired) electrons. The van der Waals surface area contributed by atoms with Gasteiger partial charge >= 0.3 is 5.97 Å². The number of benzene rings is 1.